The molecule has 2 aromatic carbocycles. The van der Waals surface area contributed by atoms with Crippen molar-refractivity contribution in [1.82, 2.24) is 20.2 Å². The first-order valence-corrected chi connectivity index (χ1v) is 8.56. The van der Waals surface area contributed by atoms with Gasteiger partial charge in [0.15, 0.2) is 5.82 Å². The summed E-state index contributed by atoms with van der Waals surface area (Å²) in [5, 5.41) is 15.3. The van der Waals surface area contributed by atoms with Gasteiger partial charge < -0.3 is 10.1 Å². The van der Waals surface area contributed by atoms with Crippen LogP contribution in [0.1, 0.15) is 29.2 Å². The van der Waals surface area contributed by atoms with Gasteiger partial charge in [-0.2, -0.15) is 0 Å². The van der Waals surface area contributed by atoms with Crippen molar-refractivity contribution in [1.29, 1.82) is 0 Å². The maximum absolute atomic E-state index is 12.6. The van der Waals surface area contributed by atoms with E-state index >= 15 is 0 Å². The summed E-state index contributed by atoms with van der Waals surface area (Å²) in [6, 6.07) is 12.7. The summed E-state index contributed by atoms with van der Waals surface area (Å²) >= 11 is 6.01. The Morgan fingerprint density at radius 1 is 1.27 bits per heavy atom. The quantitative estimate of drug-likeness (QED) is 0.743. The minimum Gasteiger partial charge on any atom is -0.496 e. The molecule has 3 aromatic rings. The summed E-state index contributed by atoms with van der Waals surface area (Å²) in [6.07, 6.45) is 2.17. The van der Waals surface area contributed by atoms with Crippen molar-refractivity contribution >= 4 is 23.2 Å². The number of rotatable bonds is 5. The molecule has 1 heterocycles. The molecule has 0 bridgehead atoms. The number of ether oxygens (including phenoxy) is 1. The zero-order chi connectivity index (χ0) is 18.1. The van der Waals surface area contributed by atoms with E-state index in [-0.39, 0.29) is 5.91 Å². The molecular weight excluding hydrogens is 354 g/mol. The van der Waals surface area contributed by atoms with Crippen molar-refractivity contribution in [2.45, 2.75) is 18.9 Å². The molecule has 1 aliphatic rings. The Morgan fingerprint density at radius 2 is 2.12 bits per heavy atom. The first kappa shape index (κ1) is 16.5. The second-order valence-electron chi connectivity index (χ2n) is 6.06. The van der Waals surface area contributed by atoms with Crippen molar-refractivity contribution in [3.63, 3.8) is 0 Å². The first-order valence-electron chi connectivity index (χ1n) is 8.19. The maximum atomic E-state index is 12.6. The molecule has 1 aliphatic carbocycles. The number of carbonyl (C=O) groups is 1. The minimum absolute atomic E-state index is 0.303. The Bertz CT molecular complexity index is 968. The molecule has 1 saturated carbocycles. The van der Waals surface area contributed by atoms with Crippen LogP contribution in [0.25, 0.3) is 11.4 Å². The molecule has 8 heteroatoms. The largest absolute Gasteiger partial charge is 0.496 e. The number of hydrogen-bond acceptors (Lipinski definition) is 5. The molecule has 0 unspecified atom stereocenters. The normalized spacial score (nSPS) is 13.5. The Labute approximate surface area is 154 Å². The monoisotopic (exact) mass is 369 g/mol. The molecule has 7 nitrogen and oxygen atoms in total. The van der Waals surface area contributed by atoms with Crippen LogP contribution < -0.4 is 10.1 Å². The van der Waals surface area contributed by atoms with Crippen LogP contribution in [0, 0.1) is 0 Å². The van der Waals surface area contributed by atoms with Gasteiger partial charge in [-0.1, -0.05) is 23.7 Å². The maximum Gasteiger partial charge on any atom is 0.259 e. The number of hydrogen-bond donors (Lipinski definition) is 1. The number of halogens is 1. The highest BCUT2D eigenvalue weighted by molar-refractivity contribution is 6.31. The number of nitrogens with zero attached hydrogens (tertiary/aromatic N) is 4. The average molecular weight is 370 g/mol. The van der Waals surface area contributed by atoms with E-state index in [4.69, 9.17) is 16.3 Å². The zero-order valence-corrected chi connectivity index (χ0v) is 14.8. The molecule has 0 radical (unpaired) electrons. The standard InChI is InChI=1S/C18H16ClN5O2/c1-26-16-8-5-12(19)10-15(16)18(25)20-13-4-2-3-11(9-13)17-21-22-23-24(17)14-6-7-14/h2-5,8-10,14H,6-7H2,1H3,(H,20,25). The van der Waals surface area contributed by atoms with Crippen molar-refractivity contribution in [2.75, 3.05) is 12.4 Å². The van der Waals surface area contributed by atoms with Gasteiger partial charge in [0.05, 0.1) is 18.7 Å². The lowest BCUT2D eigenvalue weighted by atomic mass is 10.1. The highest BCUT2D eigenvalue weighted by Crippen LogP contribution is 2.36. The van der Waals surface area contributed by atoms with E-state index < -0.39 is 0 Å². The van der Waals surface area contributed by atoms with Crippen LogP contribution in [-0.2, 0) is 0 Å². The third-order valence-corrected chi connectivity index (χ3v) is 4.41. The van der Waals surface area contributed by atoms with E-state index in [0.717, 1.165) is 18.4 Å². The van der Waals surface area contributed by atoms with E-state index in [2.05, 4.69) is 20.8 Å². The second kappa shape index (κ2) is 6.76. The van der Waals surface area contributed by atoms with Crippen molar-refractivity contribution in [2.24, 2.45) is 0 Å². The number of tetrazole rings is 1. The van der Waals surface area contributed by atoms with Crippen LogP contribution in [0.4, 0.5) is 5.69 Å². The first-order chi connectivity index (χ1) is 12.7. The van der Waals surface area contributed by atoms with Gasteiger partial charge in [-0.3, -0.25) is 4.79 Å². The molecule has 132 valence electrons. The molecule has 1 amide bonds. The fourth-order valence-corrected chi connectivity index (χ4v) is 2.91. The smallest absolute Gasteiger partial charge is 0.259 e. The SMILES string of the molecule is COc1ccc(Cl)cc1C(=O)Nc1cccc(-c2nnnn2C2CC2)c1. The Morgan fingerprint density at radius 3 is 2.88 bits per heavy atom. The number of benzene rings is 2. The van der Waals surface area contributed by atoms with E-state index in [1.807, 2.05) is 28.9 Å². The van der Waals surface area contributed by atoms with Crippen LogP contribution in [0.2, 0.25) is 5.02 Å². The third kappa shape index (κ3) is 3.25. The lowest BCUT2D eigenvalue weighted by Gasteiger charge is -2.11. The summed E-state index contributed by atoms with van der Waals surface area (Å²) in [4.78, 5) is 12.6. The van der Waals surface area contributed by atoms with Gasteiger partial charge in [0.25, 0.3) is 5.91 Å². The molecule has 26 heavy (non-hydrogen) atoms. The van der Waals surface area contributed by atoms with Crippen LogP contribution in [-0.4, -0.2) is 33.2 Å². The van der Waals surface area contributed by atoms with E-state index in [0.29, 0.717) is 33.9 Å². The highest BCUT2D eigenvalue weighted by atomic mass is 35.5. The summed E-state index contributed by atoms with van der Waals surface area (Å²) in [5.74, 6) is 0.855. The van der Waals surface area contributed by atoms with Crippen molar-refractivity contribution < 1.29 is 9.53 Å². The van der Waals surface area contributed by atoms with Crippen LogP contribution in [0.3, 0.4) is 0 Å². The Balaban J connectivity index is 1.60. The Hall–Kier alpha value is -2.93. The molecule has 1 fully saturated rings. The highest BCUT2D eigenvalue weighted by Gasteiger charge is 2.28. The van der Waals surface area contributed by atoms with E-state index in [1.165, 1.54) is 7.11 Å². The Kier molecular flexibility index (Phi) is 4.30. The summed E-state index contributed by atoms with van der Waals surface area (Å²) in [5.41, 5.74) is 1.85. The van der Waals surface area contributed by atoms with Crippen LogP contribution >= 0.6 is 11.6 Å². The van der Waals surface area contributed by atoms with Crippen LogP contribution in [0.5, 0.6) is 5.75 Å². The van der Waals surface area contributed by atoms with Gasteiger partial charge in [-0.15, -0.1) is 5.10 Å². The predicted molar refractivity (Wildman–Crippen MR) is 97.5 cm³/mol. The summed E-state index contributed by atoms with van der Waals surface area (Å²) < 4.78 is 7.08. The van der Waals surface area contributed by atoms with Gasteiger partial charge in [-0.25, -0.2) is 4.68 Å². The number of anilines is 1. The predicted octanol–water partition coefficient (Wildman–Crippen LogP) is 3.59. The molecule has 0 atom stereocenters. The van der Waals surface area contributed by atoms with Gasteiger partial charge in [-0.05, 0) is 53.6 Å². The van der Waals surface area contributed by atoms with Gasteiger partial charge in [0, 0.05) is 16.3 Å². The number of aromatic nitrogens is 4. The number of nitrogens with one attached hydrogen (secondary N) is 1. The minimum atomic E-state index is -0.303. The second-order valence-corrected chi connectivity index (χ2v) is 6.49. The topological polar surface area (TPSA) is 81.9 Å². The number of amides is 1. The van der Waals surface area contributed by atoms with Crippen molar-refractivity contribution in [3.8, 4) is 17.1 Å². The summed E-state index contributed by atoms with van der Waals surface area (Å²) in [6.45, 7) is 0. The van der Waals surface area contributed by atoms with E-state index in [9.17, 15) is 4.79 Å². The average Bonchev–Trinajstić information content (AvgIpc) is 3.38. The molecule has 4 rings (SSSR count). The summed E-state index contributed by atoms with van der Waals surface area (Å²) in [7, 11) is 1.51. The lowest BCUT2D eigenvalue weighted by molar-refractivity contribution is 0.102. The number of methoxy groups -OCH3 is 1. The fraction of sp³-hybridized carbons (Fsp3) is 0.222. The fourth-order valence-electron chi connectivity index (χ4n) is 2.74. The van der Waals surface area contributed by atoms with E-state index in [1.54, 1.807) is 18.2 Å². The number of carbonyl (C=O) groups excluding carboxylic acids is 1. The molecule has 0 aliphatic heterocycles. The molecule has 0 spiro atoms. The third-order valence-electron chi connectivity index (χ3n) is 4.17. The van der Waals surface area contributed by atoms with Crippen LogP contribution in [0.15, 0.2) is 42.5 Å². The molecule has 1 N–H and O–H groups in total. The molecule has 1 aromatic heterocycles. The van der Waals surface area contributed by atoms with Gasteiger partial charge in [0.2, 0.25) is 0 Å². The van der Waals surface area contributed by atoms with Gasteiger partial charge in [0.1, 0.15) is 5.75 Å². The molecule has 0 saturated heterocycles. The van der Waals surface area contributed by atoms with Gasteiger partial charge >= 0.3 is 0 Å². The zero-order valence-electron chi connectivity index (χ0n) is 14.0. The molecular formula is C18H16ClN5O2. The van der Waals surface area contributed by atoms with Crippen molar-refractivity contribution in [3.05, 3.63) is 53.1 Å². The lowest BCUT2D eigenvalue weighted by Crippen LogP contribution is -2.13.